The molecule has 1 heterocycles. The topological polar surface area (TPSA) is 48.1 Å². The molecule has 0 bridgehead atoms. The molecule has 0 saturated carbocycles. The van der Waals surface area contributed by atoms with Gasteiger partial charge in [-0.3, -0.25) is 0 Å². The summed E-state index contributed by atoms with van der Waals surface area (Å²) in [4.78, 5) is 4.63. The fourth-order valence-corrected chi connectivity index (χ4v) is 2.71. The van der Waals surface area contributed by atoms with E-state index in [1.54, 1.807) is 11.3 Å². The van der Waals surface area contributed by atoms with Gasteiger partial charge in [-0.2, -0.15) is 0 Å². The molecule has 3 nitrogen and oxygen atoms in total. The van der Waals surface area contributed by atoms with Gasteiger partial charge in [0.15, 0.2) is 0 Å². The molecule has 0 amide bonds. The first kappa shape index (κ1) is 13.9. The van der Waals surface area contributed by atoms with Crippen molar-refractivity contribution in [1.82, 2.24) is 4.98 Å². The standard InChI is InChI=1S/C15H20N2OS/c1-9(2)13-8-19-15(17-13)11-5-6-14(12(16)7-11)18-10(3)4/h5-10H,16H2,1-4H3. The lowest BCUT2D eigenvalue weighted by Gasteiger charge is -2.12. The number of benzene rings is 1. The number of hydrogen-bond acceptors (Lipinski definition) is 4. The third kappa shape index (κ3) is 3.26. The molecular weight excluding hydrogens is 256 g/mol. The van der Waals surface area contributed by atoms with Gasteiger partial charge in [-0.15, -0.1) is 11.3 Å². The molecule has 0 fully saturated rings. The van der Waals surface area contributed by atoms with Crippen LogP contribution in [0.4, 0.5) is 5.69 Å². The van der Waals surface area contributed by atoms with E-state index in [1.165, 1.54) is 0 Å². The average Bonchev–Trinajstić information content (AvgIpc) is 2.80. The molecule has 0 radical (unpaired) electrons. The molecule has 102 valence electrons. The molecule has 19 heavy (non-hydrogen) atoms. The van der Waals surface area contributed by atoms with Crippen LogP contribution in [0.1, 0.15) is 39.3 Å². The summed E-state index contributed by atoms with van der Waals surface area (Å²) in [5.41, 5.74) is 8.86. The Labute approximate surface area is 118 Å². The molecule has 2 rings (SSSR count). The summed E-state index contributed by atoms with van der Waals surface area (Å²) < 4.78 is 5.64. The maximum atomic E-state index is 6.03. The van der Waals surface area contributed by atoms with E-state index in [4.69, 9.17) is 10.5 Å². The SMILES string of the molecule is CC(C)Oc1ccc(-c2nc(C(C)C)cs2)cc1N. The monoisotopic (exact) mass is 276 g/mol. The van der Waals surface area contributed by atoms with Crippen molar-refractivity contribution >= 4 is 17.0 Å². The van der Waals surface area contributed by atoms with E-state index < -0.39 is 0 Å². The Morgan fingerprint density at radius 1 is 1.21 bits per heavy atom. The number of thiazole rings is 1. The molecule has 0 saturated heterocycles. The maximum Gasteiger partial charge on any atom is 0.142 e. The average molecular weight is 276 g/mol. The van der Waals surface area contributed by atoms with Crippen LogP contribution < -0.4 is 10.5 Å². The fourth-order valence-electron chi connectivity index (χ4n) is 1.73. The van der Waals surface area contributed by atoms with Gasteiger partial charge in [0.25, 0.3) is 0 Å². The molecule has 0 unspecified atom stereocenters. The summed E-state index contributed by atoms with van der Waals surface area (Å²) in [7, 11) is 0. The lowest BCUT2D eigenvalue weighted by atomic mass is 10.1. The van der Waals surface area contributed by atoms with Crippen LogP contribution in [0.15, 0.2) is 23.6 Å². The third-order valence-electron chi connectivity index (χ3n) is 2.73. The van der Waals surface area contributed by atoms with Gasteiger partial charge in [-0.25, -0.2) is 4.98 Å². The molecule has 0 spiro atoms. The van der Waals surface area contributed by atoms with E-state index >= 15 is 0 Å². The normalized spacial score (nSPS) is 11.3. The van der Waals surface area contributed by atoms with Gasteiger partial charge in [0.05, 0.1) is 17.5 Å². The minimum absolute atomic E-state index is 0.126. The Morgan fingerprint density at radius 2 is 1.95 bits per heavy atom. The van der Waals surface area contributed by atoms with Crippen LogP contribution in [-0.2, 0) is 0 Å². The highest BCUT2D eigenvalue weighted by molar-refractivity contribution is 7.13. The first-order valence-corrected chi connectivity index (χ1v) is 7.37. The lowest BCUT2D eigenvalue weighted by Crippen LogP contribution is -2.07. The number of ether oxygens (including phenoxy) is 1. The minimum Gasteiger partial charge on any atom is -0.489 e. The van der Waals surface area contributed by atoms with E-state index in [0.29, 0.717) is 11.6 Å². The Balaban J connectivity index is 2.28. The molecule has 4 heteroatoms. The van der Waals surface area contributed by atoms with Gasteiger partial charge in [-0.05, 0) is 38.0 Å². The van der Waals surface area contributed by atoms with Crippen molar-refractivity contribution in [3.05, 3.63) is 29.3 Å². The number of nitrogens with zero attached hydrogens (tertiary/aromatic N) is 1. The first-order valence-electron chi connectivity index (χ1n) is 6.49. The van der Waals surface area contributed by atoms with E-state index in [2.05, 4.69) is 24.2 Å². The van der Waals surface area contributed by atoms with Crippen LogP contribution in [0.25, 0.3) is 10.6 Å². The van der Waals surface area contributed by atoms with Crippen LogP contribution in [0.3, 0.4) is 0 Å². The quantitative estimate of drug-likeness (QED) is 0.847. The zero-order valence-corrected chi connectivity index (χ0v) is 12.6. The summed E-state index contributed by atoms with van der Waals surface area (Å²) in [6.45, 7) is 8.27. The Hall–Kier alpha value is -1.55. The van der Waals surface area contributed by atoms with E-state index in [-0.39, 0.29) is 6.10 Å². The summed E-state index contributed by atoms with van der Waals surface area (Å²) >= 11 is 1.65. The highest BCUT2D eigenvalue weighted by Gasteiger charge is 2.10. The number of aromatic nitrogens is 1. The van der Waals surface area contributed by atoms with Crippen molar-refractivity contribution in [1.29, 1.82) is 0 Å². The second-order valence-electron chi connectivity index (χ2n) is 5.15. The summed E-state index contributed by atoms with van der Waals surface area (Å²) in [6.07, 6.45) is 0.126. The zero-order valence-electron chi connectivity index (χ0n) is 11.8. The summed E-state index contributed by atoms with van der Waals surface area (Å²) in [5.74, 6) is 1.19. The smallest absolute Gasteiger partial charge is 0.142 e. The second kappa shape index (κ2) is 5.61. The number of hydrogen-bond donors (Lipinski definition) is 1. The molecule has 0 aliphatic heterocycles. The number of rotatable bonds is 4. The predicted molar refractivity (Wildman–Crippen MR) is 81.8 cm³/mol. The highest BCUT2D eigenvalue weighted by Crippen LogP contribution is 2.32. The molecule has 2 aromatic rings. The van der Waals surface area contributed by atoms with Gasteiger partial charge in [0.2, 0.25) is 0 Å². The fraction of sp³-hybridized carbons (Fsp3) is 0.400. The van der Waals surface area contributed by atoms with Crippen molar-refractivity contribution in [3.8, 4) is 16.3 Å². The third-order valence-corrected chi connectivity index (χ3v) is 3.64. The van der Waals surface area contributed by atoms with E-state index in [9.17, 15) is 0 Å². The zero-order chi connectivity index (χ0) is 14.0. The summed E-state index contributed by atoms with van der Waals surface area (Å²) in [6, 6.07) is 5.86. The van der Waals surface area contributed by atoms with Crippen molar-refractivity contribution in [2.75, 3.05) is 5.73 Å². The first-order chi connectivity index (χ1) is 8.97. The predicted octanol–water partition coefficient (Wildman–Crippen LogP) is 4.30. The molecule has 0 aliphatic rings. The van der Waals surface area contributed by atoms with Gasteiger partial charge < -0.3 is 10.5 Å². The lowest BCUT2D eigenvalue weighted by molar-refractivity contribution is 0.244. The minimum atomic E-state index is 0.126. The van der Waals surface area contributed by atoms with Crippen LogP contribution in [0.5, 0.6) is 5.75 Å². The van der Waals surface area contributed by atoms with Crippen LogP contribution >= 0.6 is 11.3 Å². The Bertz CT molecular complexity index is 561. The molecule has 0 aliphatic carbocycles. The van der Waals surface area contributed by atoms with Crippen molar-refractivity contribution in [3.63, 3.8) is 0 Å². The van der Waals surface area contributed by atoms with Crippen LogP contribution in [0, 0.1) is 0 Å². The largest absolute Gasteiger partial charge is 0.489 e. The molecule has 1 aromatic carbocycles. The number of nitrogen functional groups attached to an aromatic ring is 1. The molecule has 0 atom stereocenters. The van der Waals surface area contributed by atoms with Gasteiger partial charge >= 0.3 is 0 Å². The van der Waals surface area contributed by atoms with E-state index in [0.717, 1.165) is 22.0 Å². The summed E-state index contributed by atoms with van der Waals surface area (Å²) in [5, 5.41) is 3.11. The molecule has 1 aromatic heterocycles. The number of nitrogens with two attached hydrogens (primary N) is 1. The van der Waals surface area contributed by atoms with Crippen LogP contribution in [0.2, 0.25) is 0 Å². The Morgan fingerprint density at radius 3 is 2.47 bits per heavy atom. The maximum absolute atomic E-state index is 6.03. The van der Waals surface area contributed by atoms with Gasteiger partial charge in [0, 0.05) is 10.9 Å². The highest BCUT2D eigenvalue weighted by atomic mass is 32.1. The van der Waals surface area contributed by atoms with E-state index in [1.807, 2.05) is 32.0 Å². The molecule has 2 N–H and O–H groups in total. The number of anilines is 1. The Kier molecular flexibility index (Phi) is 4.10. The van der Waals surface area contributed by atoms with Gasteiger partial charge in [-0.1, -0.05) is 13.8 Å². The second-order valence-corrected chi connectivity index (χ2v) is 6.01. The van der Waals surface area contributed by atoms with Crippen molar-refractivity contribution in [2.45, 2.75) is 39.7 Å². The van der Waals surface area contributed by atoms with Crippen molar-refractivity contribution in [2.24, 2.45) is 0 Å². The van der Waals surface area contributed by atoms with Crippen molar-refractivity contribution < 1.29 is 4.74 Å². The van der Waals surface area contributed by atoms with Gasteiger partial charge in [0.1, 0.15) is 10.8 Å². The van der Waals surface area contributed by atoms with Crippen LogP contribution in [-0.4, -0.2) is 11.1 Å². The molecular formula is C15H20N2OS.